The molecule has 0 radical (unpaired) electrons. The molecule has 0 aliphatic rings. The Morgan fingerprint density at radius 3 is 2.44 bits per heavy atom. The minimum atomic E-state index is -0.824. The van der Waals surface area contributed by atoms with Crippen LogP contribution in [0.2, 0.25) is 0 Å². The minimum absolute atomic E-state index is 0.0391. The van der Waals surface area contributed by atoms with Crippen molar-refractivity contribution in [1.29, 1.82) is 0 Å². The second-order valence-electron chi connectivity index (χ2n) is 4.07. The maximum absolute atomic E-state index is 10.7. The molecule has 3 heteroatoms. The standard InChI is InChI=1S/C15H14O3/c1-11-9-14(8-7-12(11)10-15(16)17)18-13-5-3-2-4-6-13/h2-9H,10H2,1H3,(H,16,17). The molecule has 0 aromatic heterocycles. The Kier molecular flexibility index (Phi) is 3.63. The number of aryl methyl sites for hydroxylation is 1. The smallest absolute Gasteiger partial charge is 0.307 e. The van der Waals surface area contributed by atoms with Gasteiger partial charge >= 0.3 is 5.97 Å². The fourth-order valence-electron chi connectivity index (χ4n) is 1.72. The third kappa shape index (κ3) is 3.10. The number of carbonyl (C=O) groups is 1. The van der Waals surface area contributed by atoms with E-state index in [1.54, 1.807) is 12.1 Å². The number of para-hydroxylation sites is 1. The molecule has 0 saturated heterocycles. The van der Waals surface area contributed by atoms with E-state index in [-0.39, 0.29) is 6.42 Å². The van der Waals surface area contributed by atoms with Gasteiger partial charge in [-0.2, -0.15) is 0 Å². The second kappa shape index (κ2) is 5.36. The van der Waals surface area contributed by atoms with Crippen molar-refractivity contribution in [3.05, 3.63) is 59.7 Å². The Bertz CT molecular complexity index is 547. The van der Waals surface area contributed by atoms with Crippen LogP contribution in [0.3, 0.4) is 0 Å². The first-order chi connectivity index (χ1) is 8.65. The molecule has 0 fully saturated rings. The van der Waals surface area contributed by atoms with E-state index in [4.69, 9.17) is 9.84 Å². The SMILES string of the molecule is Cc1cc(Oc2ccccc2)ccc1CC(=O)O. The van der Waals surface area contributed by atoms with E-state index < -0.39 is 5.97 Å². The molecule has 2 rings (SSSR count). The molecular formula is C15H14O3. The summed E-state index contributed by atoms with van der Waals surface area (Å²) >= 11 is 0. The molecule has 0 aliphatic carbocycles. The van der Waals surface area contributed by atoms with E-state index in [2.05, 4.69) is 0 Å². The highest BCUT2D eigenvalue weighted by Gasteiger charge is 2.05. The number of hydrogen-bond acceptors (Lipinski definition) is 2. The van der Waals surface area contributed by atoms with Crippen LogP contribution in [0.5, 0.6) is 11.5 Å². The molecule has 2 aromatic rings. The van der Waals surface area contributed by atoms with Crippen molar-refractivity contribution in [2.75, 3.05) is 0 Å². The normalized spacial score (nSPS) is 10.1. The summed E-state index contributed by atoms with van der Waals surface area (Å²) in [6.45, 7) is 1.89. The first kappa shape index (κ1) is 12.2. The van der Waals surface area contributed by atoms with E-state index in [9.17, 15) is 4.79 Å². The van der Waals surface area contributed by atoms with Crippen LogP contribution in [0.25, 0.3) is 0 Å². The number of aliphatic carboxylic acids is 1. The summed E-state index contributed by atoms with van der Waals surface area (Å²) in [5.74, 6) is 0.658. The van der Waals surface area contributed by atoms with Gasteiger partial charge in [0.2, 0.25) is 0 Å². The van der Waals surface area contributed by atoms with Gasteiger partial charge in [-0.25, -0.2) is 0 Å². The van der Waals surface area contributed by atoms with Crippen molar-refractivity contribution in [3.63, 3.8) is 0 Å². The fraction of sp³-hybridized carbons (Fsp3) is 0.133. The van der Waals surface area contributed by atoms with Crippen LogP contribution in [-0.2, 0) is 11.2 Å². The van der Waals surface area contributed by atoms with Gasteiger partial charge in [0.05, 0.1) is 6.42 Å². The minimum Gasteiger partial charge on any atom is -0.481 e. The zero-order valence-electron chi connectivity index (χ0n) is 10.1. The van der Waals surface area contributed by atoms with Gasteiger partial charge in [-0.05, 0) is 42.3 Å². The molecule has 0 saturated carbocycles. The topological polar surface area (TPSA) is 46.5 Å². The lowest BCUT2D eigenvalue weighted by Crippen LogP contribution is -2.01. The van der Waals surface area contributed by atoms with Gasteiger partial charge < -0.3 is 9.84 Å². The molecular weight excluding hydrogens is 228 g/mol. The summed E-state index contributed by atoms with van der Waals surface area (Å²) in [6, 6.07) is 14.9. The number of ether oxygens (including phenoxy) is 1. The summed E-state index contributed by atoms with van der Waals surface area (Å²) in [7, 11) is 0. The summed E-state index contributed by atoms with van der Waals surface area (Å²) in [6.07, 6.45) is 0.0391. The number of carboxylic acids is 1. The third-order valence-corrected chi connectivity index (χ3v) is 2.63. The summed E-state index contributed by atoms with van der Waals surface area (Å²) in [4.78, 5) is 10.7. The molecule has 3 nitrogen and oxygen atoms in total. The fourth-order valence-corrected chi connectivity index (χ4v) is 1.72. The van der Waals surface area contributed by atoms with Crippen LogP contribution in [0.4, 0.5) is 0 Å². The molecule has 0 spiro atoms. The second-order valence-corrected chi connectivity index (χ2v) is 4.07. The van der Waals surface area contributed by atoms with Crippen LogP contribution in [0, 0.1) is 6.92 Å². The molecule has 0 unspecified atom stereocenters. The largest absolute Gasteiger partial charge is 0.481 e. The average Bonchev–Trinajstić information content (AvgIpc) is 2.33. The number of hydrogen-bond donors (Lipinski definition) is 1. The van der Waals surface area contributed by atoms with Crippen LogP contribution in [-0.4, -0.2) is 11.1 Å². The zero-order chi connectivity index (χ0) is 13.0. The lowest BCUT2D eigenvalue weighted by Gasteiger charge is -2.08. The maximum Gasteiger partial charge on any atom is 0.307 e. The summed E-state index contributed by atoms with van der Waals surface area (Å²) in [5, 5.41) is 8.76. The van der Waals surface area contributed by atoms with Crippen molar-refractivity contribution in [2.24, 2.45) is 0 Å². The first-order valence-electron chi connectivity index (χ1n) is 5.69. The van der Waals surface area contributed by atoms with Crippen molar-refractivity contribution in [2.45, 2.75) is 13.3 Å². The maximum atomic E-state index is 10.7. The van der Waals surface area contributed by atoms with Crippen LogP contribution < -0.4 is 4.74 Å². The van der Waals surface area contributed by atoms with Gasteiger partial charge in [-0.15, -0.1) is 0 Å². The van der Waals surface area contributed by atoms with Crippen molar-refractivity contribution < 1.29 is 14.6 Å². The van der Waals surface area contributed by atoms with E-state index in [0.29, 0.717) is 5.75 Å². The number of benzene rings is 2. The van der Waals surface area contributed by atoms with E-state index in [1.807, 2.05) is 43.3 Å². The molecule has 0 amide bonds. The van der Waals surface area contributed by atoms with Gasteiger partial charge in [0, 0.05) is 0 Å². The Hall–Kier alpha value is -2.29. The van der Waals surface area contributed by atoms with E-state index >= 15 is 0 Å². The molecule has 18 heavy (non-hydrogen) atoms. The highest BCUT2D eigenvalue weighted by molar-refractivity contribution is 5.70. The number of rotatable bonds is 4. The Morgan fingerprint density at radius 2 is 1.83 bits per heavy atom. The summed E-state index contributed by atoms with van der Waals surface area (Å²) < 4.78 is 5.67. The quantitative estimate of drug-likeness (QED) is 0.893. The van der Waals surface area contributed by atoms with Crippen LogP contribution in [0.1, 0.15) is 11.1 Å². The van der Waals surface area contributed by atoms with Crippen LogP contribution in [0.15, 0.2) is 48.5 Å². The van der Waals surface area contributed by atoms with Gasteiger partial charge in [0.1, 0.15) is 11.5 Å². The predicted octanol–water partition coefficient (Wildman–Crippen LogP) is 3.41. The molecule has 2 aromatic carbocycles. The lowest BCUT2D eigenvalue weighted by atomic mass is 10.1. The molecule has 0 bridgehead atoms. The highest BCUT2D eigenvalue weighted by atomic mass is 16.5. The predicted molar refractivity (Wildman–Crippen MR) is 69.0 cm³/mol. The van der Waals surface area contributed by atoms with E-state index in [0.717, 1.165) is 16.9 Å². The summed E-state index contributed by atoms with van der Waals surface area (Å²) in [5.41, 5.74) is 1.73. The molecule has 1 N–H and O–H groups in total. The third-order valence-electron chi connectivity index (χ3n) is 2.63. The Balaban J connectivity index is 2.16. The van der Waals surface area contributed by atoms with Crippen molar-refractivity contribution in [3.8, 4) is 11.5 Å². The lowest BCUT2D eigenvalue weighted by molar-refractivity contribution is -0.136. The molecule has 0 atom stereocenters. The first-order valence-corrected chi connectivity index (χ1v) is 5.69. The van der Waals surface area contributed by atoms with E-state index in [1.165, 1.54) is 0 Å². The zero-order valence-corrected chi connectivity index (χ0v) is 10.1. The van der Waals surface area contributed by atoms with Gasteiger partial charge in [-0.1, -0.05) is 24.3 Å². The van der Waals surface area contributed by atoms with Gasteiger partial charge in [0.25, 0.3) is 0 Å². The average molecular weight is 242 g/mol. The Labute approximate surface area is 106 Å². The number of carboxylic acid groups (broad SMARTS) is 1. The van der Waals surface area contributed by atoms with Gasteiger partial charge in [-0.3, -0.25) is 4.79 Å². The van der Waals surface area contributed by atoms with Crippen LogP contribution >= 0.6 is 0 Å². The molecule has 0 heterocycles. The molecule has 0 aliphatic heterocycles. The monoisotopic (exact) mass is 242 g/mol. The van der Waals surface area contributed by atoms with Crippen molar-refractivity contribution >= 4 is 5.97 Å². The molecule has 92 valence electrons. The van der Waals surface area contributed by atoms with Gasteiger partial charge in [0.15, 0.2) is 0 Å². The highest BCUT2D eigenvalue weighted by Crippen LogP contribution is 2.23. The van der Waals surface area contributed by atoms with Crippen molar-refractivity contribution in [1.82, 2.24) is 0 Å². The Morgan fingerprint density at radius 1 is 1.11 bits per heavy atom.